The van der Waals surface area contributed by atoms with Gasteiger partial charge in [-0.3, -0.25) is 15.7 Å². The number of hydroxylamine groups is 1. The Balaban J connectivity index is 3.12. The highest BCUT2D eigenvalue weighted by molar-refractivity contribution is 7.98. The van der Waals surface area contributed by atoms with Gasteiger partial charge in [-0.05, 0) is 12.3 Å². The second-order valence-corrected chi connectivity index (χ2v) is 3.23. The zero-order chi connectivity index (χ0) is 9.68. The summed E-state index contributed by atoms with van der Waals surface area (Å²) in [5, 5.41) is 8.81. The number of nitrogens with one attached hydrogen (secondary N) is 1. The summed E-state index contributed by atoms with van der Waals surface area (Å²) in [5.41, 5.74) is 3.00. The van der Waals surface area contributed by atoms with E-state index in [1.165, 1.54) is 0 Å². The summed E-state index contributed by atoms with van der Waals surface area (Å²) in [5.74, 6) is 0.491. The predicted molar refractivity (Wildman–Crippen MR) is 55.6 cm³/mol. The maximum absolute atomic E-state index is 8.81. The summed E-state index contributed by atoms with van der Waals surface area (Å²) in [4.78, 5) is 5.02. The molecule has 0 bridgehead atoms. The zero-order valence-corrected chi connectivity index (χ0v) is 8.43. The Morgan fingerprint density at radius 3 is 2.69 bits per heavy atom. The molecule has 0 aromatic heterocycles. The summed E-state index contributed by atoms with van der Waals surface area (Å²) in [6, 6.07) is 7.78. The van der Waals surface area contributed by atoms with Crippen LogP contribution in [0.15, 0.2) is 34.2 Å². The van der Waals surface area contributed by atoms with E-state index in [4.69, 9.17) is 5.21 Å². The minimum Gasteiger partial charge on any atom is -0.290 e. The van der Waals surface area contributed by atoms with Crippen molar-refractivity contribution in [3.05, 3.63) is 29.8 Å². The van der Waals surface area contributed by atoms with Crippen LogP contribution in [0.5, 0.6) is 0 Å². The molecule has 0 atom stereocenters. The molecule has 0 heterocycles. The van der Waals surface area contributed by atoms with E-state index in [0.29, 0.717) is 5.84 Å². The standard InChI is InChI=1S/C9H12N2OS/c1-10-9(11-12)7-5-3-4-6-8(7)13-2/h3-6,12H,1-2H3,(H,10,11). The van der Waals surface area contributed by atoms with Crippen molar-refractivity contribution in [3.63, 3.8) is 0 Å². The molecule has 1 aromatic rings. The van der Waals surface area contributed by atoms with Crippen LogP contribution in [0.1, 0.15) is 5.56 Å². The van der Waals surface area contributed by atoms with Crippen molar-refractivity contribution in [2.75, 3.05) is 13.3 Å². The number of aliphatic imine (C=N–C) groups is 1. The molecule has 4 heteroatoms. The first-order valence-electron chi connectivity index (χ1n) is 3.83. The van der Waals surface area contributed by atoms with Crippen molar-refractivity contribution in [3.8, 4) is 0 Å². The first kappa shape index (κ1) is 10.1. The fourth-order valence-corrected chi connectivity index (χ4v) is 1.67. The molecule has 1 aromatic carbocycles. The third kappa shape index (κ3) is 2.23. The Hall–Kier alpha value is -1.00. The maximum atomic E-state index is 8.81. The highest BCUT2D eigenvalue weighted by Gasteiger charge is 2.05. The smallest absolute Gasteiger partial charge is 0.153 e. The summed E-state index contributed by atoms with van der Waals surface area (Å²) >= 11 is 1.62. The van der Waals surface area contributed by atoms with E-state index < -0.39 is 0 Å². The van der Waals surface area contributed by atoms with E-state index in [1.54, 1.807) is 18.8 Å². The maximum Gasteiger partial charge on any atom is 0.153 e. The van der Waals surface area contributed by atoms with Gasteiger partial charge < -0.3 is 0 Å². The highest BCUT2D eigenvalue weighted by atomic mass is 32.2. The van der Waals surface area contributed by atoms with Crippen molar-refractivity contribution in [1.29, 1.82) is 0 Å². The SMILES string of the molecule is CN=C(NO)c1ccccc1SC. The van der Waals surface area contributed by atoms with Gasteiger partial charge in [0, 0.05) is 17.5 Å². The lowest BCUT2D eigenvalue weighted by Crippen LogP contribution is -2.20. The number of amidine groups is 1. The number of benzene rings is 1. The van der Waals surface area contributed by atoms with E-state index in [0.717, 1.165) is 10.5 Å². The molecule has 1 rings (SSSR count). The topological polar surface area (TPSA) is 44.6 Å². The van der Waals surface area contributed by atoms with Gasteiger partial charge in [-0.1, -0.05) is 18.2 Å². The molecule has 0 aliphatic rings. The van der Waals surface area contributed by atoms with Crippen molar-refractivity contribution in [2.24, 2.45) is 4.99 Å². The number of nitrogens with zero attached hydrogens (tertiary/aromatic N) is 1. The Kier molecular flexibility index (Phi) is 3.79. The molecule has 3 nitrogen and oxygen atoms in total. The van der Waals surface area contributed by atoms with Gasteiger partial charge in [-0.15, -0.1) is 11.8 Å². The number of rotatable bonds is 2. The first-order valence-corrected chi connectivity index (χ1v) is 5.06. The Labute approximate surface area is 81.8 Å². The van der Waals surface area contributed by atoms with Crippen LogP contribution >= 0.6 is 11.8 Å². The Morgan fingerprint density at radius 2 is 2.15 bits per heavy atom. The lowest BCUT2D eigenvalue weighted by atomic mass is 10.2. The number of thioether (sulfide) groups is 1. The van der Waals surface area contributed by atoms with E-state index in [1.807, 2.05) is 30.5 Å². The highest BCUT2D eigenvalue weighted by Crippen LogP contribution is 2.19. The van der Waals surface area contributed by atoms with Crippen LogP contribution in [-0.2, 0) is 0 Å². The van der Waals surface area contributed by atoms with Gasteiger partial charge in [0.1, 0.15) is 0 Å². The van der Waals surface area contributed by atoms with Gasteiger partial charge >= 0.3 is 0 Å². The molecule has 0 radical (unpaired) electrons. The van der Waals surface area contributed by atoms with Crippen molar-refractivity contribution >= 4 is 17.6 Å². The molecule has 0 aliphatic heterocycles. The summed E-state index contributed by atoms with van der Waals surface area (Å²) in [7, 11) is 1.63. The lowest BCUT2D eigenvalue weighted by molar-refractivity contribution is 0.234. The average Bonchev–Trinajstić information content (AvgIpc) is 2.20. The molecular formula is C9H12N2OS. The monoisotopic (exact) mass is 196 g/mol. The number of hydrogen-bond donors (Lipinski definition) is 2. The summed E-state index contributed by atoms with van der Waals surface area (Å²) < 4.78 is 0. The minimum atomic E-state index is 0.491. The van der Waals surface area contributed by atoms with Gasteiger partial charge in [-0.25, -0.2) is 0 Å². The first-order chi connectivity index (χ1) is 6.33. The van der Waals surface area contributed by atoms with Crippen molar-refractivity contribution in [1.82, 2.24) is 5.48 Å². The van der Waals surface area contributed by atoms with Crippen LogP contribution in [0.3, 0.4) is 0 Å². The molecule has 2 N–H and O–H groups in total. The van der Waals surface area contributed by atoms with Crippen LogP contribution in [-0.4, -0.2) is 24.3 Å². The normalized spacial score (nSPS) is 11.5. The fraction of sp³-hybridized carbons (Fsp3) is 0.222. The predicted octanol–water partition coefficient (Wildman–Crippen LogP) is 1.76. The molecule has 0 aliphatic carbocycles. The van der Waals surface area contributed by atoms with E-state index in [9.17, 15) is 0 Å². The van der Waals surface area contributed by atoms with Crippen molar-refractivity contribution < 1.29 is 5.21 Å². The van der Waals surface area contributed by atoms with Crippen LogP contribution < -0.4 is 5.48 Å². The largest absolute Gasteiger partial charge is 0.290 e. The summed E-state index contributed by atoms with van der Waals surface area (Å²) in [6.45, 7) is 0. The van der Waals surface area contributed by atoms with E-state index >= 15 is 0 Å². The number of hydrogen-bond acceptors (Lipinski definition) is 3. The van der Waals surface area contributed by atoms with E-state index in [-0.39, 0.29) is 0 Å². The van der Waals surface area contributed by atoms with Gasteiger partial charge in [0.05, 0.1) is 0 Å². The van der Waals surface area contributed by atoms with Crippen LogP contribution in [0, 0.1) is 0 Å². The lowest BCUT2D eigenvalue weighted by Gasteiger charge is -2.07. The van der Waals surface area contributed by atoms with Crippen molar-refractivity contribution in [2.45, 2.75) is 4.90 Å². The molecule has 0 saturated carbocycles. The average molecular weight is 196 g/mol. The molecule has 13 heavy (non-hydrogen) atoms. The minimum absolute atomic E-state index is 0.491. The molecule has 0 amide bonds. The second kappa shape index (κ2) is 4.89. The third-order valence-corrected chi connectivity index (χ3v) is 2.49. The van der Waals surface area contributed by atoms with Crippen LogP contribution in [0.2, 0.25) is 0 Å². The summed E-state index contributed by atoms with van der Waals surface area (Å²) in [6.07, 6.45) is 1.99. The van der Waals surface area contributed by atoms with Crippen LogP contribution in [0.4, 0.5) is 0 Å². The second-order valence-electron chi connectivity index (χ2n) is 2.38. The molecule has 0 spiro atoms. The Morgan fingerprint density at radius 1 is 1.46 bits per heavy atom. The molecule has 0 saturated heterocycles. The quantitative estimate of drug-likeness (QED) is 0.328. The zero-order valence-electron chi connectivity index (χ0n) is 7.61. The van der Waals surface area contributed by atoms with Gasteiger partial charge in [-0.2, -0.15) is 0 Å². The molecule has 0 unspecified atom stereocenters. The van der Waals surface area contributed by atoms with E-state index in [2.05, 4.69) is 10.5 Å². The van der Waals surface area contributed by atoms with Gasteiger partial charge in [0.25, 0.3) is 0 Å². The van der Waals surface area contributed by atoms with Gasteiger partial charge in [0.15, 0.2) is 5.84 Å². The molecule has 0 fully saturated rings. The molecule has 70 valence electrons. The third-order valence-electron chi connectivity index (χ3n) is 1.69. The Bertz CT molecular complexity index is 312. The van der Waals surface area contributed by atoms with Gasteiger partial charge in [0.2, 0.25) is 0 Å². The fourth-order valence-electron chi connectivity index (χ4n) is 1.07. The molecular weight excluding hydrogens is 184 g/mol. The van der Waals surface area contributed by atoms with Crippen LogP contribution in [0.25, 0.3) is 0 Å².